The molecule has 92 valence electrons. The van der Waals surface area contributed by atoms with Crippen LogP contribution in [-0.4, -0.2) is 12.1 Å². The lowest BCUT2D eigenvalue weighted by molar-refractivity contribution is 0.398. The minimum absolute atomic E-state index is 0.232. The molecule has 1 fully saturated rings. The molecule has 0 amide bonds. The summed E-state index contributed by atoms with van der Waals surface area (Å²) in [4.78, 5) is 4.42. The number of halogens is 1. The second kappa shape index (κ2) is 4.41. The van der Waals surface area contributed by atoms with Gasteiger partial charge in [0.05, 0.1) is 12.8 Å². The molecule has 1 heterocycles. The third-order valence-corrected chi connectivity index (χ3v) is 3.22. The van der Waals surface area contributed by atoms with Crippen LogP contribution in [0.15, 0.2) is 36.4 Å². The molecule has 2 nitrogen and oxygen atoms in total. The minimum Gasteiger partial charge on any atom is -0.481 e. The van der Waals surface area contributed by atoms with Crippen molar-refractivity contribution in [3.05, 3.63) is 47.8 Å². The van der Waals surface area contributed by atoms with E-state index in [1.165, 1.54) is 30.5 Å². The Morgan fingerprint density at radius 2 is 1.89 bits per heavy atom. The highest BCUT2D eigenvalue weighted by atomic mass is 19.1. The normalized spacial score (nSPS) is 14.6. The molecule has 0 radical (unpaired) electrons. The maximum atomic E-state index is 12.9. The minimum atomic E-state index is -0.232. The van der Waals surface area contributed by atoms with Gasteiger partial charge in [0.25, 0.3) is 0 Å². The summed E-state index contributed by atoms with van der Waals surface area (Å²) in [6.45, 7) is 0. The lowest BCUT2D eigenvalue weighted by Crippen LogP contribution is -1.93. The van der Waals surface area contributed by atoms with Crippen LogP contribution in [0.1, 0.15) is 24.3 Å². The predicted molar refractivity (Wildman–Crippen MR) is 68.2 cm³/mol. The monoisotopic (exact) mass is 243 g/mol. The molecule has 2 aromatic rings. The Hall–Kier alpha value is -1.90. The van der Waals surface area contributed by atoms with Crippen LogP contribution < -0.4 is 4.74 Å². The molecule has 1 aliphatic rings. The van der Waals surface area contributed by atoms with Gasteiger partial charge in [0.1, 0.15) is 5.82 Å². The number of methoxy groups -OCH3 is 1. The Labute approximate surface area is 105 Å². The van der Waals surface area contributed by atoms with Crippen molar-refractivity contribution in [1.29, 1.82) is 0 Å². The summed E-state index contributed by atoms with van der Waals surface area (Å²) in [5.41, 5.74) is 3.02. The molecule has 0 bridgehead atoms. The largest absolute Gasteiger partial charge is 0.481 e. The van der Waals surface area contributed by atoms with E-state index in [2.05, 4.69) is 11.1 Å². The summed E-state index contributed by atoms with van der Waals surface area (Å²) in [6.07, 6.45) is 2.46. The van der Waals surface area contributed by atoms with Crippen molar-refractivity contribution < 1.29 is 9.13 Å². The van der Waals surface area contributed by atoms with Crippen LogP contribution in [0, 0.1) is 5.82 Å². The van der Waals surface area contributed by atoms with E-state index in [-0.39, 0.29) is 5.82 Å². The second-order valence-corrected chi connectivity index (χ2v) is 4.61. The Morgan fingerprint density at radius 1 is 1.17 bits per heavy atom. The highest BCUT2D eigenvalue weighted by Crippen LogP contribution is 2.42. The summed E-state index contributed by atoms with van der Waals surface area (Å²) < 4.78 is 18.2. The number of nitrogens with zero attached hydrogens (tertiary/aromatic N) is 1. The van der Waals surface area contributed by atoms with Crippen LogP contribution in [-0.2, 0) is 0 Å². The average Bonchev–Trinajstić information content (AvgIpc) is 3.23. The molecular formula is C15H14FNO. The number of rotatable bonds is 3. The number of ether oxygens (including phenoxy) is 1. The number of hydrogen-bond donors (Lipinski definition) is 0. The smallest absolute Gasteiger partial charge is 0.213 e. The lowest BCUT2D eigenvalue weighted by atomic mass is 10.1. The van der Waals surface area contributed by atoms with Gasteiger partial charge < -0.3 is 4.74 Å². The van der Waals surface area contributed by atoms with Gasteiger partial charge in [-0.25, -0.2) is 9.37 Å². The molecule has 3 rings (SSSR count). The topological polar surface area (TPSA) is 22.1 Å². The standard InChI is InChI=1S/C15H14FNO/c1-18-15-9-12(10-2-3-10)8-14(17-15)11-4-6-13(16)7-5-11/h4-10H,2-3H2,1H3. The fourth-order valence-electron chi connectivity index (χ4n) is 2.05. The zero-order valence-corrected chi connectivity index (χ0v) is 10.2. The molecule has 0 aliphatic heterocycles. The summed E-state index contributed by atoms with van der Waals surface area (Å²) in [7, 11) is 1.62. The molecule has 18 heavy (non-hydrogen) atoms. The van der Waals surface area contributed by atoms with E-state index in [0.29, 0.717) is 11.8 Å². The van der Waals surface area contributed by atoms with Gasteiger partial charge in [-0.15, -0.1) is 0 Å². The van der Waals surface area contributed by atoms with Crippen molar-refractivity contribution in [2.75, 3.05) is 7.11 Å². The van der Waals surface area contributed by atoms with Gasteiger partial charge in [0.2, 0.25) is 5.88 Å². The Morgan fingerprint density at radius 3 is 2.50 bits per heavy atom. The van der Waals surface area contributed by atoms with Crippen molar-refractivity contribution in [1.82, 2.24) is 4.98 Å². The first-order valence-corrected chi connectivity index (χ1v) is 6.08. The van der Waals surface area contributed by atoms with Gasteiger partial charge in [-0.1, -0.05) is 0 Å². The lowest BCUT2D eigenvalue weighted by Gasteiger charge is -2.07. The second-order valence-electron chi connectivity index (χ2n) is 4.61. The van der Waals surface area contributed by atoms with Crippen molar-refractivity contribution in [3.63, 3.8) is 0 Å². The summed E-state index contributed by atoms with van der Waals surface area (Å²) in [5, 5.41) is 0. The Kier molecular flexibility index (Phi) is 2.74. The maximum absolute atomic E-state index is 12.9. The van der Waals surface area contributed by atoms with E-state index in [9.17, 15) is 4.39 Å². The zero-order chi connectivity index (χ0) is 12.5. The summed E-state index contributed by atoms with van der Waals surface area (Å²) in [6, 6.07) is 10.5. The SMILES string of the molecule is COc1cc(C2CC2)cc(-c2ccc(F)cc2)n1. The van der Waals surface area contributed by atoms with Gasteiger partial charge in [-0.05, 0) is 54.7 Å². The van der Waals surface area contributed by atoms with E-state index < -0.39 is 0 Å². The van der Waals surface area contributed by atoms with Gasteiger partial charge in [-0.3, -0.25) is 0 Å². The number of pyridine rings is 1. The fraction of sp³-hybridized carbons (Fsp3) is 0.267. The van der Waals surface area contributed by atoms with Gasteiger partial charge in [0, 0.05) is 11.6 Å². The Bertz CT molecular complexity index is 561. The molecule has 0 spiro atoms. The van der Waals surface area contributed by atoms with Crippen LogP contribution in [0.2, 0.25) is 0 Å². The first kappa shape index (κ1) is 11.2. The quantitative estimate of drug-likeness (QED) is 0.818. The van der Waals surface area contributed by atoms with Crippen molar-refractivity contribution in [2.45, 2.75) is 18.8 Å². The summed E-state index contributed by atoms with van der Waals surface area (Å²) >= 11 is 0. The van der Waals surface area contributed by atoms with Crippen LogP contribution >= 0.6 is 0 Å². The molecule has 1 aromatic heterocycles. The molecule has 1 aromatic carbocycles. The number of aromatic nitrogens is 1. The first-order chi connectivity index (χ1) is 8.76. The molecule has 0 saturated heterocycles. The predicted octanol–water partition coefficient (Wildman–Crippen LogP) is 3.77. The zero-order valence-electron chi connectivity index (χ0n) is 10.2. The first-order valence-electron chi connectivity index (χ1n) is 6.08. The number of benzene rings is 1. The van der Waals surface area contributed by atoms with Crippen LogP contribution in [0.25, 0.3) is 11.3 Å². The van der Waals surface area contributed by atoms with Crippen LogP contribution in [0.5, 0.6) is 5.88 Å². The van der Waals surface area contributed by atoms with E-state index >= 15 is 0 Å². The van der Waals surface area contributed by atoms with Crippen molar-refractivity contribution >= 4 is 0 Å². The summed E-state index contributed by atoms with van der Waals surface area (Å²) in [5.74, 6) is 1.03. The van der Waals surface area contributed by atoms with E-state index in [4.69, 9.17) is 4.74 Å². The molecule has 0 atom stereocenters. The van der Waals surface area contributed by atoms with E-state index in [1.54, 1.807) is 19.2 Å². The molecule has 1 aliphatic carbocycles. The fourth-order valence-corrected chi connectivity index (χ4v) is 2.05. The molecule has 1 saturated carbocycles. The highest BCUT2D eigenvalue weighted by molar-refractivity contribution is 5.61. The Balaban J connectivity index is 2.04. The van der Waals surface area contributed by atoms with E-state index in [1.807, 2.05) is 6.07 Å². The third-order valence-electron chi connectivity index (χ3n) is 3.22. The molecule has 3 heteroatoms. The highest BCUT2D eigenvalue weighted by Gasteiger charge is 2.24. The maximum Gasteiger partial charge on any atom is 0.213 e. The van der Waals surface area contributed by atoms with Crippen LogP contribution in [0.3, 0.4) is 0 Å². The van der Waals surface area contributed by atoms with Crippen LogP contribution in [0.4, 0.5) is 4.39 Å². The number of hydrogen-bond acceptors (Lipinski definition) is 2. The van der Waals surface area contributed by atoms with E-state index in [0.717, 1.165) is 11.3 Å². The molecule has 0 N–H and O–H groups in total. The van der Waals surface area contributed by atoms with Gasteiger partial charge in [-0.2, -0.15) is 0 Å². The molecule has 0 unspecified atom stereocenters. The molecular weight excluding hydrogens is 229 g/mol. The van der Waals surface area contributed by atoms with Crippen molar-refractivity contribution in [3.8, 4) is 17.1 Å². The third kappa shape index (κ3) is 2.21. The van der Waals surface area contributed by atoms with Gasteiger partial charge >= 0.3 is 0 Å². The average molecular weight is 243 g/mol. The van der Waals surface area contributed by atoms with Gasteiger partial charge in [0.15, 0.2) is 0 Å². The van der Waals surface area contributed by atoms with Crippen molar-refractivity contribution in [2.24, 2.45) is 0 Å².